The predicted molar refractivity (Wildman–Crippen MR) is 81.8 cm³/mol. The predicted octanol–water partition coefficient (Wildman–Crippen LogP) is 2.64. The molecule has 2 rings (SSSR count). The van der Waals surface area contributed by atoms with Crippen molar-refractivity contribution >= 4 is 17.7 Å². The number of ether oxygens (including phenoxy) is 1. The minimum Gasteiger partial charge on any atom is -0.491 e. The molecule has 0 saturated heterocycles. The van der Waals surface area contributed by atoms with Crippen LogP contribution in [0.4, 0.5) is 0 Å². The first kappa shape index (κ1) is 15.2. The number of hydrogen-bond donors (Lipinski definition) is 2. The molecular weight excluding hydrogens is 274 g/mol. The highest BCUT2D eigenvalue weighted by atomic mass is 32.2. The van der Waals surface area contributed by atoms with Crippen LogP contribution in [0.15, 0.2) is 24.3 Å². The summed E-state index contributed by atoms with van der Waals surface area (Å²) in [6, 6.07) is 7.32. The van der Waals surface area contributed by atoms with Gasteiger partial charge in [0, 0.05) is 17.8 Å². The number of carboxylic acid groups (broad SMARTS) is 1. The second-order valence-corrected chi connectivity index (χ2v) is 6.11. The number of aromatic carboxylic acids is 1. The summed E-state index contributed by atoms with van der Waals surface area (Å²) in [7, 11) is 0. The Morgan fingerprint density at radius 2 is 2.25 bits per heavy atom. The molecule has 1 aromatic rings. The summed E-state index contributed by atoms with van der Waals surface area (Å²) in [6.45, 7) is 1.24. The van der Waals surface area contributed by atoms with Gasteiger partial charge in [-0.2, -0.15) is 11.8 Å². The maximum Gasteiger partial charge on any atom is 0.339 e. The second-order valence-electron chi connectivity index (χ2n) is 4.97. The van der Waals surface area contributed by atoms with Crippen LogP contribution in [0, 0.1) is 0 Å². The Bertz CT molecular complexity index is 452. The first-order chi connectivity index (χ1) is 9.70. The normalized spacial score (nSPS) is 21.9. The molecule has 0 spiro atoms. The summed E-state index contributed by atoms with van der Waals surface area (Å²) in [6.07, 6.45) is 5.88. The van der Waals surface area contributed by atoms with Crippen LogP contribution in [-0.4, -0.2) is 41.8 Å². The van der Waals surface area contributed by atoms with Crippen molar-refractivity contribution in [3.63, 3.8) is 0 Å². The van der Waals surface area contributed by atoms with E-state index in [4.69, 9.17) is 9.84 Å². The highest BCUT2D eigenvalue weighted by Crippen LogP contribution is 2.28. The van der Waals surface area contributed by atoms with Gasteiger partial charge in [-0.3, -0.25) is 0 Å². The standard InChI is InChI=1S/C15H21NO3S/c1-20-12-7-6-11(10-12)16-8-9-19-14-5-3-2-4-13(14)15(17)18/h2-5,11-12,16H,6-10H2,1H3,(H,17,18). The van der Waals surface area contributed by atoms with E-state index in [-0.39, 0.29) is 5.56 Å². The molecule has 0 bridgehead atoms. The van der Waals surface area contributed by atoms with E-state index in [1.165, 1.54) is 19.3 Å². The molecule has 1 aliphatic carbocycles. The number of benzene rings is 1. The zero-order valence-corrected chi connectivity index (χ0v) is 12.5. The highest BCUT2D eigenvalue weighted by Gasteiger charge is 2.23. The molecule has 1 aromatic carbocycles. The van der Waals surface area contributed by atoms with Crippen LogP contribution in [0.3, 0.4) is 0 Å². The zero-order valence-electron chi connectivity index (χ0n) is 11.7. The smallest absolute Gasteiger partial charge is 0.339 e. The molecule has 1 saturated carbocycles. The zero-order chi connectivity index (χ0) is 14.4. The largest absolute Gasteiger partial charge is 0.491 e. The first-order valence-electron chi connectivity index (χ1n) is 6.92. The molecule has 1 fully saturated rings. The summed E-state index contributed by atoms with van der Waals surface area (Å²) in [5.41, 5.74) is 0.218. The van der Waals surface area contributed by atoms with Crippen LogP contribution < -0.4 is 10.1 Å². The molecule has 0 radical (unpaired) electrons. The van der Waals surface area contributed by atoms with Crippen LogP contribution in [0.2, 0.25) is 0 Å². The van der Waals surface area contributed by atoms with Gasteiger partial charge in [-0.05, 0) is 37.7 Å². The number of hydrogen-bond acceptors (Lipinski definition) is 4. The number of thioether (sulfide) groups is 1. The average Bonchev–Trinajstić information content (AvgIpc) is 2.92. The Balaban J connectivity index is 1.73. The third-order valence-corrected chi connectivity index (χ3v) is 4.72. The van der Waals surface area contributed by atoms with E-state index >= 15 is 0 Å². The molecular formula is C15H21NO3S. The lowest BCUT2D eigenvalue weighted by Gasteiger charge is -2.14. The fourth-order valence-electron chi connectivity index (χ4n) is 2.53. The molecule has 0 heterocycles. The Morgan fingerprint density at radius 3 is 2.95 bits per heavy atom. The Morgan fingerprint density at radius 1 is 1.45 bits per heavy atom. The maximum absolute atomic E-state index is 11.0. The Labute approximate surface area is 123 Å². The van der Waals surface area contributed by atoms with Crippen molar-refractivity contribution < 1.29 is 14.6 Å². The van der Waals surface area contributed by atoms with E-state index < -0.39 is 5.97 Å². The van der Waals surface area contributed by atoms with Gasteiger partial charge in [-0.25, -0.2) is 4.79 Å². The van der Waals surface area contributed by atoms with E-state index in [1.54, 1.807) is 24.3 Å². The molecule has 2 N–H and O–H groups in total. The van der Waals surface area contributed by atoms with Gasteiger partial charge < -0.3 is 15.2 Å². The molecule has 0 aromatic heterocycles. The fraction of sp³-hybridized carbons (Fsp3) is 0.533. The summed E-state index contributed by atoms with van der Waals surface area (Å²) >= 11 is 1.94. The van der Waals surface area contributed by atoms with E-state index in [0.717, 1.165) is 11.8 Å². The van der Waals surface area contributed by atoms with E-state index in [2.05, 4.69) is 11.6 Å². The minimum absolute atomic E-state index is 0.218. The van der Waals surface area contributed by atoms with Crippen molar-refractivity contribution in [1.82, 2.24) is 5.32 Å². The van der Waals surface area contributed by atoms with E-state index in [0.29, 0.717) is 18.4 Å². The Kier molecular flexibility index (Phi) is 5.73. The highest BCUT2D eigenvalue weighted by molar-refractivity contribution is 7.99. The van der Waals surface area contributed by atoms with Crippen LogP contribution in [-0.2, 0) is 0 Å². The number of carbonyl (C=O) groups is 1. The monoisotopic (exact) mass is 295 g/mol. The number of nitrogens with one attached hydrogen (secondary N) is 1. The summed E-state index contributed by atoms with van der Waals surface area (Å²) < 4.78 is 5.56. The van der Waals surface area contributed by atoms with Crippen LogP contribution in [0.1, 0.15) is 29.6 Å². The molecule has 20 heavy (non-hydrogen) atoms. The topological polar surface area (TPSA) is 58.6 Å². The van der Waals surface area contributed by atoms with Gasteiger partial charge in [0.1, 0.15) is 17.9 Å². The van der Waals surface area contributed by atoms with E-state index in [9.17, 15) is 4.79 Å². The van der Waals surface area contributed by atoms with Gasteiger partial charge in [0.05, 0.1) is 0 Å². The molecule has 0 aliphatic heterocycles. The van der Waals surface area contributed by atoms with Gasteiger partial charge in [-0.1, -0.05) is 12.1 Å². The molecule has 1 aliphatic rings. The SMILES string of the molecule is CSC1CCC(NCCOc2ccccc2C(=O)O)C1. The van der Waals surface area contributed by atoms with Crippen LogP contribution in [0.25, 0.3) is 0 Å². The molecule has 5 heteroatoms. The molecule has 4 nitrogen and oxygen atoms in total. The van der Waals surface area contributed by atoms with Crippen molar-refractivity contribution in [3.05, 3.63) is 29.8 Å². The first-order valence-corrected chi connectivity index (χ1v) is 8.20. The van der Waals surface area contributed by atoms with Crippen LogP contribution >= 0.6 is 11.8 Å². The number of rotatable bonds is 7. The van der Waals surface area contributed by atoms with Gasteiger partial charge in [-0.15, -0.1) is 0 Å². The average molecular weight is 295 g/mol. The van der Waals surface area contributed by atoms with Crippen molar-refractivity contribution in [2.75, 3.05) is 19.4 Å². The summed E-state index contributed by atoms with van der Waals surface area (Å²) in [4.78, 5) is 11.0. The lowest BCUT2D eigenvalue weighted by molar-refractivity contribution is 0.0692. The van der Waals surface area contributed by atoms with Crippen LogP contribution in [0.5, 0.6) is 5.75 Å². The van der Waals surface area contributed by atoms with Gasteiger partial charge in [0.2, 0.25) is 0 Å². The third kappa shape index (κ3) is 4.15. The number of carboxylic acids is 1. The Hall–Kier alpha value is -1.20. The summed E-state index contributed by atoms with van der Waals surface area (Å²) in [5, 5.41) is 13.3. The summed E-state index contributed by atoms with van der Waals surface area (Å²) in [5.74, 6) is -0.512. The lowest BCUT2D eigenvalue weighted by atomic mass is 10.2. The molecule has 0 amide bonds. The van der Waals surface area contributed by atoms with E-state index in [1.807, 2.05) is 11.8 Å². The van der Waals surface area contributed by atoms with Crippen molar-refractivity contribution in [1.29, 1.82) is 0 Å². The van der Waals surface area contributed by atoms with Gasteiger partial charge >= 0.3 is 5.97 Å². The second kappa shape index (κ2) is 7.55. The number of para-hydroxylation sites is 1. The molecule has 2 unspecified atom stereocenters. The van der Waals surface area contributed by atoms with Crippen molar-refractivity contribution in [2.45, 2.75) is 30.6 Å². The van der Waals surface area contributed by atoms with Crippen molar-refractivity contribution in [2.24, 2.45) is 0 Å². The quantitative estimate of drug-likeness (QED) is 0.757. The van der Waals surface area contributed by atoms with Gasteiger partial charge in [0.15, 0.2) is 0 Å². The fourth-order valence-corrected chi connectivity index (χ4v) is 3.33. The molecule has 2 atom stereocenters. The maximum atomic E-state index is 11.0. The third-order valence-electron chi connectivity index (χ3n) is 3.63. The lowest BCUT2D eigenvalue weighted by Crippen LogP contribution is -2.30. The molecule has 110 valence electrons. The minimum atomic E-state index is -0.952. The van der Waals surface area contributed by atoms with Crippen molar-refractivity contribution in [3.8, 4) is 5.75 Å². The van der Waals surface area contributed by atoms with Gasteiger partial charge in [0.25, 0.3) is 0 Å².